The Bertz CT molecular complexity index is 982. The van der Waals surface area contributed by atoms with Gasteiger partial charge in [-0.05, 0) is 38.2 Å². The summed E-state index contributed by atoms with van der Waals surface area (Å²) in [5, 5.41) is 11.5. The first kappa shape index (κ1) is 18.9. The number of amides is 1. The monoisotopic (exact) mass is 398 g/mol. The molecule has 1 N–H and O–H groups in total. The highest BCUT2D eigenvalue weighted by Gasteiger charge is 2.21. The lowest BCUT2D eigenvalue weighted by atomic mass is 10.2. The molecule has 0 unspecified atom stereocenters. The van der Waals surface area contributed by atoms with Gasteiger partial charge in [-0.25, -0.2) is 0 Å². The van der Waals surface area contributed by atoms with Crippen LogP contribution in [0.1, 0.15) is 41.0 Å². The molecule has 148 valence electrons. The lowest BCUT2D eigenvalue weighted by molar-refractivity contribution is 0.102. The third kappa shape index (κ3) is 3.49. The number of hydrogen-bond acceptors (Lipinski definition) is 6. The Kier molecular flexibility index (Phi) is 5.07. The zero-order valence-corrected chi connectivity index (χ0v) is 17.6. The van der Waals surface area contributed by atoms with Gasteiger partial charge in [0.1, 0.15) is 10.7 Å². The van der Waals surface area contributed by atoms with E-state index in [1.807, 2.05) is 23.5 Å². The van der Waals surface area contributed by atoms with Crippen LogP contribution in [-0.4, -0.2) is 58.6 Å². The second-order valence-corrected chi connectivity index (χ2v) is 8.62. The van der Waals surface area contributed by atoms with Crippen molar-refractivity contribution >= 4 is 33.6 Å². The van der Waals surface area contributed by atoms with Gasteiger partial charge >= 0.3 is 0 Å². The molecule has 2 aromatic heterocycles. The standard InChI is InChI=1S/C20H26N6OS/c1-13(2)18-22-23-20-26(18)14(3)17(28-20)19(27)21-15-5-7-16(8-6-15)25-11-9-24(4)10-12-25/h5-8,13H,9-12H2,1-4H3,(H,21,27). The minimum absolute atomic E-state index is 0.102. The average Bonchev–Trinajstić information content (AvgIpc) is 3.24. The van der Waals surface area contributed by atoms with Gasteiger partial charge < -0.3 is 15.1 Å². The number of rotatable bonds is 4. The van der Waals surface area contributed by atoms with Crippen molar-refractivity contribution in [2.24, 2.45) is 0 Å². The molecule has 0 atom stereocenters. The van der Waals surface area contributed by atoms with E-state index in [1.54, 1.807) is 0 Å². The number of carbonyl (C=O) groups is 1. The molecule has 0 bridgehead atoms. The Morgan fingerprint density at radius 2 is 1.79 bits per heavy atom. The van der Waals surface area contributed by atoms with E-state index in [4.69, 9.17) is 0 Å². The number of thiazole rings is 1. The molecular weight excluding hydrogens is 372 g/mol. The molecule has 1 aromatic carbocycles. The van der Waals surface area contributed by atoms with E-state index in [1.165, 1.54) is 17.0 Å². The highest BCUT2D eigenvalue weighted by molar-refractivity contribution is 7.19. The summed E-state index contributed by atoms with van der Waals surface area (Å²) >= 11 is 1.38. The topological polar surface area (TPSA) is 65.8 Å². The molecule has 7 nitrogen and oxygen atoms in total. The van der Waals surface area contributed by atoms with E-state index < -0.39 is 0 Å². The molecule has 1 fully saturated rings. The Balaban J connectivity index is 1.49. The van der Waals surface area contributed by atoms with Gasteiger partial charge in [-0.2, -0.15) is 0 Å². The van der Waals surface area contributed by atoms with Gasteiger partial charge in [0, 0.05) is 49.2 Å². The third-order valence-electron chi connectivity index (χ3n) is 5.23. The molecule has 0 radical (unpaired) electrons. The van der Waals surface area contributed by atoms with Crippen LogP contribution in [0.25, 0.3) is 4.96 Å². The van der Waals surface area contributed by atoms with Crippen LogP contribution >= 0.6 is 11.3 Å². The van der Waals surface area contributed by atoms with Crippen LogP contribution in [-0.2, 0) is 0 Å². The van der Waals surface area contributed by atoms with Crippen LogP contribution in [0.15, 0.2) is 24.3 Å². The molecule has 1 aliphatic heterocycles. The van der Waals surface area contributed by atoms with Crippen molar-refractivity contribution in [3.8, 4) is 0 Å². The highest BCUT2D eigenvalue weighted by Crippen LogP contribution is 2.27. The fraction of sp³-hybridized carbons (Fsp3) is 0.450. The zero-order valence-electron chi connectivity index (χ0n) is 16.8. The molecule has 28 heavy (non-hydrogen) atoms. The summed E-state index contributed by atoms with van der Waals surface area (Å²) in [6, 6.07) is 8.10. The van der Waals surface area contributed by atoms with Gasteiger partial charge in [0.25, 0.3) is 5.91 Å². The number of anilines is 2. The fourth-order valence-corrected chi connectivity index (χ4v) is 4.49. The number of likely N-dealkylation sites (N-methyl/N-ethyl adjacent to an activating group) is 1. The lowest BCUT2D eigenvalue weighted by Gasteiger charge is -2.34. The number of fused-ring (bicyclic) bond motifs is 1. The van der Waals surface area contributed by atoms with Crippen molar-refractivity contribution < 1.29 is 4.79 Å². The molecule has 0 aliphatic carbocycles. The highest BCUT2D eigenvalue weighted by atomic mass is 32.1. The number of hydrogen-bond donors (Lipinski definition) is 1. The summed E-state index contributed by atoms with van der Waals surface area (Å²) in [7, 11) is 2.15. The molecule has 3 heterocycles. The number of benzene rings is 1. The molecule has 1 amide bonds. The first-order valence-electron chi connectivity index (χ1n) is 9.63. The number of aromatic nitrogens is 3. The van der Waals surface area contributed by atoms with Crippen molar-refractivity contribution in [3.63, 3.8) is 0 Å². The van der Waals surface area contributed by atoms with E-state index in [0.717, 1.165) is 48.3 Å². The van der Waals surface area contributed by atoms with E-state index in [-0.39, 0.29) is 11.8 Å². The van der Waals surface area contributed by atoms with Crippen molar-refractivity contribution in [1.82, 2.24) is 19.5 Å². The molecular formula is C20H26N6OS. The normalized spacial score (nSPS) is 15.5. The molecule has 0 saturated carbocycles. The van der Waals surface area contributed by atoms with Crippen molar-refractivity contribution in [3.05, 3.63) is 40.7 Å². The summed E-state index contributed by atoms with van der Waals surface area (Å²) in [6.07, 6.45) is 0. The predicted octanol–water partition coefficient (Wildman–Crippen LogP) is 3.23. The van der Waals surface area contributed by atoms with Gasteiger partial charge in [-0.3, -0.25) is 9.20 Å². The molecule has 1 aliphatic rings. The SMILES string of the molecule is Cc1c(C(=O)Nc2ccc(N3CCN(C)CC3)cc2)sc2nnc(C(C)C)n12. The zero-order chi connectivity index (χ0) is 19.8. The quantitative estimate of drug-likeness (QED) is 0.731. The van der Waals surface area contributed by atoms with Gasteiger partial charge in [0.2, 0.25) is 4.96 Å². The molecule has 1 saturated heterocycles. The Morgan fingerprint density at radius 3 is 2.43 bits per heavy atom. The van der Waals surface area contributed by atoms with E-state index in [0.29, 0.717) is 4.88 Å². The summed E-state index contributed by atoms with van der Waals surface area (Å²) in [5.41, 5.74) is 2.89. The first-order valence-corrected chi connectivity index (χ1v) is 10.4. The summed E-state index contributed by atoms with van der Waals surface area (Å²) in [5.74, 6) is 1.04. The van der Waals surface area contributed by atoms with E-state index in [2.05, 4.69) is 58.3 Å². The Labute approximate surface area is 169 Å². The maximum absolute atomic E-state index is 12.8. The molecule has 4 rings (SSSR count). The minimum atomic E-state index is -0.102. The molecule has 8 heteroatoms. The molecule has 3 aromatic rings. The van der Waals surface area contributed by atoms with Gasteiger partial charge in [0.15, 0.2) is 0 Å². The predicted molar refractivity (Wildman–Crippen MR) is 114 cm³/mol. The van der Waals surface area contributed by atoms with Gasteiger partial charge in [-0.15, -0.1) is 10.2 Å². The van der Waals surface area contributed by atoms with Gasteiger partial charge in [0.05, 0.1) is 0 Å². The lowest BCUT2D eigenvalue weighted by Crippen LogP contribution is -2.44. The van der Waals surface area contributed by atoms with Crippen LogP contribution in [0.2, 0.25) is 0 Å². The molecule has 0 spiro atoms. The Hall–Kier alpha value is -2.45. The third-order valence-corrected chi connectivity index (χ3v) is 6.36. The van der Waals surface area contributed by atoms with Crippen molar-refractivity contribution in [2.45, 2.75) is 26.7 Å². The van der Waals surface area contributed by atoms with Crippen LogP contribution in [0.5, 0.6) is 0 Å². The number of aryl methyl sites for hydroxylation is 1. The number of carbonyl (C=O) groups excluding carboxylic acids is 1. The summed E-state index contributed by atoms with van der Waals surface area (Å²) < 4.78 is 1.99. The second kappa shape index (κ2) is 7.52. The number of nitrogens with one attached hydrogen (secondary N) is 1. The maximum atomic E-state index is 12.8. The number of piperazine rings is 1. The fourth-order valence-electron chi connectivity index (χ4n) is 3.52. The van der Waals surface area contributed by atoms with Crippen LogP contribution in [0.4, 0.5) is 11.4 Å². The summed E-state index contributed by atoms with van der Waals surface area (Å²) in [4.78, 5) is 19.0. The minimum Gasteiger partial charge on any atom is -0.369 e. The first-order chi connectivity index (χ1) is 13.4. The number of nitrogens with zero attached hydrogens (tertiary/aromatic N) is 5. The van der Waals surface area contributed by atoms with Crippen molar-refractivity contribution in [1.29, 1.82) is 0 Å². The average molecular weight is 399 g/mol. The van der Waals surface area contributed by atoms with Crippen molar-refractivity contribution in [2.75, 3.05) is 43.4 Å². The smallest absolute Gasteiger partial charge is 0.267 e. The van der Waals surface area contributed by atoms with Crippen LogP contribution in [0, 0.1) is 6.92 Å². The largest absolute Gasteiger partial charge is 0.369 e. The maximum Gasteiger partial charge on any atom is 0.267 e. The van der Waals surface area contributed by atoms with Crippen LogP contribution in [0.3, 0.4) is 0 Å². The van der Waals surface area contributed by atoms with Gasteiger partial charge in [-0.1, -0.05) is 25.2 Å². The van der Waals surface area contributed by atoms with E-state index in [9.17, 15) is 4.79 Å². The van der Waals surface area contributed by atoms with Crippen LogP contribution < -0.4 is 10.2 Å². The second-order valence-electron chi connectivity index (χ2n) is 7.64. The Morgan fingerprint density at radius 1 is 1.11 bits per heavy atom. The van der Waals surface area contributed by atoms with E-state index >= 15 is 0 Å². The summed E-state index contributed by atoms with van der Waals surface area (Å²) in [6.45, 7) is 10.3.